The summed E-state index contributed by atoms with van der Waals surface area (Å²) in [6.45, 7) is 5.26. The van der Waals surface area contributed by atoms with E-state index in [9.17, 15) is 9.59 Å². The summed E-state index contributed by atoms with van der Waals surface area (Å²) in [5, 5.41) is 9.54. The van der Waals surface area contributed by atoms with Crippen LogP contribution in [0.2, 0.25) is 0 Å². The third-order valence-electron chi connectivity index (χ3n) is 4.39. The third kappa shape index (κ3) is 3.33. The molecule has 11 heteroatoms. The zero-order valence-electron chi connectivity index (χ0n) is 14.3. The molecule has 0 aliphatic carbocycles. The number of aromatic nitrogens is 7. The Kier molecular flexibility index (Phi) is 4.21. The Labute approximate surface area is 148 Å². The zero-order chi connectivity index (χ0) is 18.1. The van der Waals surface area contributed by atoms with E-state index >= 15 is 0 Å². The number of amides is 1. The molecule has 0 radical (unpaired) electrons. The lowest BCUT2D eigenvalue weighted by Crippen LogP contribution is -2.48. The van der Waals surface area contributed by atoms with Gasteiger partial charge in [-0.1, -0.05) is 0 Å². The van der Waals surface area contributed by atoms with Crippen LogP contribution in [0.5, 0.6) is 0 Å². The molecule has 3 aromatic rings. The first-order valence-electron chi connectivity index (χ1n) is 8.38. The van der Waals surface area contributed by atoms with Gasteiger partial charge in [-0.2, -0.15) is 14.6 Å². The van der Waals surface area contributed by atoms with Crippen LogP contribution in [0.25, 0.3) is 5.78 Å². The summed E-state index contributed by atoms with van der Waals surface area (Å²) >= 11 is 0. The molecule has 3 aromatic heterocycles. The van der Waals surface area contributed by atoms with E-state index in [1.165, 1.54) is 16.9 Å². The minimum Gasteiger partial charge on any atom is -0.340 e. The quantitative estimate of drug-likeness (QED) is 0.596. The van der Waals surface area contributed by atoms with Crippen molar-refractivity contribution in [3.8, 4) is 0 Å². The molecule has 0 unspecified atom stereocenters. The summed E-state index contributed by atoms with van der Waals surface area (Å²) in [7, 11) is 0. The number of fused-ring (bicyclic) bond motifs is 1. The van der Waals surface area contributed by atoms with Gasteiger partial charge in [0.05, 0.1) is 13.0 Å². The van der Waals surface area contributed by atoms with Crippen molar-refractivity contribution in [3.05, 3.63) is 40.1 Å². The second kappa shape index (κ2) is 6.67. The van der Waals surface area contributed by atoms with Crippen molar-refractivity contribution < 1.29 is 4.79 Å². The lowest BCUT2D eigenvalue weighted by atomic mass is 10.2. The topological polar surface area (TPSA) is 128 Å². The summed E-state index contributed by atoms with van der Waals surface area (Å²) in [4.78, 5) is 41.0. The molecular weight excluding hydrogens is 338 g/mol. The molecule has 4 rings (SSSR count). The molecule has 136 valence electrons. The third-order valence-corrected chi connectivity index (χ3v) is 4.39. The molecule has 0 atom stereocenters. The fourth-order valence-corrected chi connectivity index (χ4v) is 3.04. The normalized spacial score (nSPS) is 15.7. The van der Waals surface area contributed by atoms with Crippen molar-refractivity contribution in [3.63, 3.8) is 0 Å². The van der Waals surface area contributed by atoms with Gasteiger partial charge in [0.2, 0.25) is 5.91 Å². The molecule has 0 spiro atoms. The Bertz CT molecular complexity index is 967. The van der Waals surface area contributed by atoms with Crippen molar-refractivity contribution in [2.45, 2.75) is 19.9 Å². The minimum atomic E-state index is -0.236. The maximum absolute atomic E-state index is 12.5. The minimum absolute atomic E-state index is 0.0202. The number of nitrogens with zero attached hydrogens (tertiary/aromatic N) is 7. The molecule has 1 amide bonds. The van der Waals surface area contributed by atoms with E-state index < -0.39 is 0 Å². The van der Waals surface area contributed by atoms with Crippen LogP contribution in [0.1, 0.15) is 17.3 Å². The number of H-pyrrole nitrogens is 2. The highest BCUT2D eigenvalue weighted by atomic mass is 16.2. The fraction of sp³-hybridized carbons (Fsp3) is 0.467. The van der Waals surface area contributed by atoms with Crippen LogP contribution in [-0.2, 0) is 17.8 Å². The van der Waals surface area contributed by atoms with E-state index in [2.05, 4.69) is 35.1 Å². The Hall–Kier alpha value is -3.08. The van der Waals surface area contributed by atoms with E-state index in [4.69, 9.17) is 0 Å². The molecule has 1 aliphatic rings. The van der Waals surface area contributed by atoms with Gasteiger partial charge in [0.15, 0.2) is 0 Å². The SMILES string of the molecule is Cc1cc(=O)n2[nH]c(CC(=O)N3CCN(Cc4ncn[nH]4)CC3)nc2n1. The predicted octanol–water partition coefficient (Wildman–Crippen LogP) is -1.27. The average molecular weight is 357 g/mol. The molecule has 26 heavy (non-hydrogen) atoms. The molecular formula is C15H19N9O2. The van der Waals surface area contributed by atoms with Crippen LogP contribution in [0.3, 0.4) is 0 Å². The predicted molar refractivity (Wildman–Crippen MR) is 90.3 cm³/mol. The van der Waals surface area contributed by atoms with Crippen LogP contribution in [-0.4, -0.2) is 76.6 Å². The number of piperazine rings is 1. The van der Waals surface area contributed by atoms with Crippen molar-refractivity contribution in [2.75, 3.05) is 26.2 Å². The van der Waals surface area contributed by atoms with Gasteiger partial charge in [-0.15, -0.1) is 0 Å². The number of hydrogen-bond donors (Lipinski definition) is 2. The van der Waals surface area contributed by atoms with Crippen molar-refractivity contribution in [1.82, 2.24) is 44.6 Å². The standard InChI is InChI=1S/C15H19N9O2/c1-10-6-14(26)24-15(18-10)19-11(21-24)7-13(25)23-4-2-22(3-5-23)8-12-16-9-17-20-12/h6,9H,2-5,7-8H2,1H3,(H,16,17,20)(H,18,19,21). The molecule has 0 saturated carbocycles. The second-order valence-electron chi connectivity index (χ2n) is 6.31. The molecule has 1 saturated heterocycles. The van der Waals surface area contributed by atoms with Gasteiger partial charge in [-0.3, -0.25) is 24.7 Å². The van der Waals surface area contributed by atoms with Crippen molar-refractivity contribution in [1.29, 1.82) is 0 Å². The highest BCUT2D eigenvalue weighted by Crippen LogP contribution is 2.07. The average Bonchev–Trinajstić information content (AvgIpc) is 3.25. The van der Waals surface area contributed by atoms with E-state index in [0.29, 0.717) is 31.2 Å². The van der Waals surface area contributed by atoms with Gasteiger partial charge in [0.1, 0.15) is 18.0 Å². The maximum atomic E-state index is 12.5. The molecule has 4 heterocycles. The van der Waals surface area contributed by atoms with Gasteiger partial charge >= 0.3 is 0 Å². The Morgan fingerprint density at radius 3 is 2.73 bits per heavy atom. The van der Waals surface area contributed by atoms with Gasteiger partial charge in [-0.05, 0) is 6.92 Å². The van der Waals surface area contributed by atoms with E-state index in [1.807, 2.05) is 4.90 Å². The van der Waals surface area contributed by atoms with Gasteiger partial charge in [0.25, 0.3) is 11.3 Å². The largest absolute Gasteiger partial charge is 0.340 e. The first-order chi connectivity index (χ1) is 12.6. The first kappa shape index (κ1) is 16.4. The monoisotopic (exact) mass is 357 g/mol. The maximum Gasteiger partial charge on any atom is 0.274 e. The van der Waals surface area contributed by atoms with Gasteiger partial charge in [-0.25, -0.2) is 9.97 Å². The van der Waals surface area contributed by atoms with Gasteiger partial charge in [0, 0.05) is 37.9 Å². The van der Waals surface area contributed by atoms with E-state index in [-0.39, 0.29) is 23.7 Å². The Morgan fingerprint density at radius 1 is 1.19 bits per heavy atom. The van der Waals surface area contributed by atoms with Gasteiger partial charge < -0.3 is 4.90 Å². The van der Waals surface area contributed by atoms with Crippen LogP contribution in [0.4, 0.5) is 0 Å². The lowest BCUT2D eigenvalue weighted by Gasteiger charge is -2.34. The van der Waals surface area contributed by atoms with Crippen LogP contribution in [0.15, 0.2) is 17.2 Å². The first-order valence-corrected chi connectivity index (χ1v) is 8.38. The van der Waals surface area contributed by atoms with Crippen LogP contribution >= 0.6 is 0 Å². The van der Waals surface area contributed by atoms with Crippen LogP contribution in [0, 0.1) is 6.92 Å². The van der Waals surface area contributed by atoms with Crippen molar-refractivity contribution >= 4 is 11.7 Å². The number of nitrogens with one attached hydrogen (secondary N) is 2. The molecule has 0 aromatic carbocycles. The number of hydrogen-bond acceptors (Lipinski definition) is 7. The smallest absolute Gasteiger partial charge is 0.274 e. The lowest BCUT2D eigenvalue weighted by molar-refractivity contribution is -0.132. The van der Waals surface area contributed by atoms with E-state index in [1.54, 1.807) is 6.92 Å². The summed E-state index contributed by atoms with van der Waals surface area (Å²) in [6.07, 6.45) is 1.61. The molecule has 2 N–H and O–H groups in total. The molecule has 1 fully saturated rings. The van der Waals surface area contributed by atoms with Crippen LogP contribution < -0.4 is 5.56 Å². The molecule has 11 nitrogen and oxygen atoms in total. The Balaban J connectivity index is 1.37. The van der Waals surface area contributed by atoms with E-state index in [0.717, 1.165) is 18.9 Å². The number of carbonyl (C=O) groups excluding carboxylic acids is 1. The second-order valence-corrected chi connectivity index (χ2v) is 6.31. The summed E-state index contributed by atoms with van der Waals surface area (Å²) in [5.74, 6) is 1.53. The highest BCUT2D eigenvalue weighted by molar-refractivity contribution is 5.78. The fourth-order valence-electron chi connectivity index (χ4n) is 3.04. The number of aromatic amines is 2. The molecule has 1 aliphatic heterocycles. The van der Waals surface area contributed by atoms with Crippen molar-refractivity contribution in [2.24, 2.45) is 0 Å². The highest BCUT2D eigenvalue weighted by Gasteiger charge is 2.22. The zero-order valence-corrected chi connectivity index (χ0v) is 14.3. The number of rotatable bonds is 4. The number of aryl methyl sites for hydroxylation is 1. The summed E-state index contributed by atoms with van der Waals surface area (Å²) < 4.78 is 1.25. The number of carbonyl (C=O) groups is 1. The summed E-state index contributed by atoms with van der Waals surface area (Å²) in [6, 6.07) is 1.42. The molecule has 0 bridgehead atoms. The Morgan fingerprint density at radius 2 is 2.00 bits per heavy atom. The summed E-state index contributed by atoms with van der Waals surface area (Å²) in [5.41, 5.74) is 0.363.